The van der Waals surface area contributed by atoms with Crippen LogP contribution in [0.25, 0.3) is 0 Å². The number of halogens is 1. The third kappa shape index (κ3) is 1.86. The molecule has 0 spiro atoms. The summed E-state index contributed by atoms with van der Waals surface area (Å²) in [4.78, 5) is 6.52. The second-order valence-corrected chi connectivity index (χ2v) is 4.79. The second-order valence-electron chi connectivity index (χ2n) is 3.94. The molecule has 0 aliphatic carbocycles. The highest BCUT2D eigenvalue weighted by Gasteiger charge is 2.20. The summed E-state index contributed by atoms with van der Waals surface area (Å²) in [5.41, 5.74) is 6.33. The van der Waals surface area contributed by atoms with Gasteiger partial charge in [0.05, 0.1) is 22.9 Å². The molecule has 7 heteroatoms. The van der Waals surface area contributed by atoms with Crippen LogP contribution in [0.15, 0.2) is 23.1 Å². The van der Waals surface area contributed by atoms with E-state index in [0.717, 1.165) is 35.7 Å². The van der Waals surface area contributed by atoms with Crippen molar-refractivity contribution < 1.29 is 0 Å². The van der Waals surface area contributed by atoms with Gasteiger partial charge in [0.25, 0.3) is 0 Å². The van der Waals surface area contributed by atoms with E-state index in [1.807, 2.05) is 6.07 Å². The fourth-order valence-corrected chi connectivity index (χ4v) is 2.54. The largest absolute Gasteiger partial charge is 0.397 e. The average Bonchev–Trinajstić information content (AvgIpc) is 2.75. The first-order valence-corrected chi connectivity index (χ1v) is 6.06. The van der Waals surface area contributed by atoms with Gasteiger partial charge in [-0.05, 0) is 22.0 Å². The Labute approximate surface area is 107 Å². The maximum absolute atomic E-state index is 5.68. The number of nitrogen functional groups attached to an aromatic ring is 1. The molecule has 3 heterocycles. The molecule has 0 saturated heterocycles. The van der Waals surface area contributed by atoms with Gasteiger partial charge in [-0.1, -0.05) is 0 Å². The molecule has 0 fully saturated rings. The fourth-order valence-electron chi connectivity index (χ4n) is 1.93. The molecule has 17 heavy (non-hydrogen) atoms. The summed E-state index contributed by atoms with van der Waals surface area (Å²) in [7, 11) is 0. The van der Waals surface area contributed by atoms with E-state index in [4.69, 9.17) is 5.73 Å². The lowest BCUT2D eigenvalue weighted by molar-refractivity contribution is 0.555. The lowest BCUT2D eigenvalue weighted by Gasteiger charge is -2.28. The van der Waals surface area contributed by atoms with Crippen LogP contribution in [-0.2, 0) is 13.1 Å². The molecule has 88 valence electrons. The van der Waals surface area contributed by atoms with Crippen molar-refractivity contribution in [1.29, 1.82) is 0 Å². The Morgan fingerprint density at radius 1 is 1.35 bits per heavy atom. The maximum Gasteiger partial charge on any atom is 0.152 e. The lowest BCUT2D eigenvalue weighted by atomic mass is 10.3. The van der Waals surface area contributed by atoms with E-state index in [2.05, 4.69) is 40.6 Å². The highest BCUT2D eigenvalue weighted by molar-refractivity contribution is 9.10. The molecular weight excluding hydrogens is 284 g/mol. The Bertz CT molecular complexity index is 551. The molecule has 3 rings (SSSR count). The normalized spacial score (nSPS) is 14.8. The van der Waals surface area contributed by atoms with Crippen molar-refractivity contribution in [2.45, 2.75) is 13.1 Å². The van der Waals surface area contributed by atoms with Gasteiger partial charge in [0, 0.05) is 13.1 Å². The second kappa shape index (κ2) is 3.99. The average molecular weight is 295 g/mol. The molecule has 2 N–H and O–H groups in total. The third-order valence-corrected chi connectivity index (χ3v) is 3.36. The van der Waals surface area contributed by atoms with Gasteiger partial charge in [0.1, 0.15) is 12.1 Å². The summed E-state index contributed by atoms with van der Waals surface area (Å²) in [5, 5.41) is 7.99. The van der Waals surface area contributed by atoms with Crippen molar-refractivity contribution in [3.05, 3.63) is 28.9 Å². The van der Waals surface area contributed by atoms with Crippen LogP contribution in [0.5, 0.6) is 0 Å². The minimum Gasteiger partial charge on any atom is -0.397 e. The zero-order valence-corrected chi connectivity index (χ0v) is 10.6. The van der Waals surface area contributed by atoms with Gasteiger partial charge in [0.15, 0.2) is 5.82 Å². The Morgan fingerprint density at radius 3 is 3.06 bits per heavy atom. The van der Waals surface area contributed by atoms with Gasteiger partial charge in [-0.25, -0.2) is 4.98 Å². The smallest absolute Gasteiger partial charge is 0.152 e. The number of fused-ring (bicyclic) bond motifs is 1. The van der Waals surface area contributed by atoms with Gasteiger partial charge in [-0.2, -0.15) is 0 Å². The van der Waals surface area contributed by atoms with Crippen molar-refractivity contribution in [3.8, 4) is 0 Å². The number of nitrogens with zero attached hydrogens (tertiary/aromatic N) is 5. The number of rotatable bonds is 1. The summed E-state index contributed by atoms with van der Waals surface area (Å²) in [6.07, 6.45) is 3.43. The standard InChI is InChI=1S/C10H11BrN6/c11-8-3-7(12)4-13-10(8)16-1-2-17-6-14-15-9(17)5-16/h3-4,6H,1-2,5,12H2. The predicted octanol–water partition coefficient (Wildman–Crippen LogP) is 1.04. The van der Waals surface area contributed by atoms with E-state index < -0.39 is 0 Å². The number of anilines is 2. The van der Waals surface area contributed by atoms with Crippen molar-refractivity contribution in [2.75, 3.05) is 17.2 Å². The molecule has 0 atom stereocenters. The van der Waals surface area contributed by atoms with Crippen molar-refractivity contribution in [1.82, 2.24) is 19.7 Å². The van der Waals surface area contributed by atoms with Crippen LogP contribution >= 0.6 is 15.9 Å². The molecule has 2 aromatic heterocycles. The van der Waals surface area contributed by atoms with Gasteiger partial charge in [-0.3, -0.25) is 0 Å². The summed E-state index contributed by atoms with van der Waals surface area (Å²) in [5.74, 6) is 1.86. The quantitative estimate of drug-likeness (QED) is 0.851. The third-order valence-electron chi connectivity index (χ3n) is 2.78. The highest BCUT2D eigenvalue weighted by atomic mass is 79.9. The fraction of sp³-hybridized carbons (Fsp3) is 0.300. The topological polar surface area (TPSA) is 72.9 Å². The first-order valence-electron chi connectivity index (χ1n) is 5.26. The van der Waals surface area contributed by atoms with E-state index in [1.54, 1.807) is 12.5 Å². The van der Waals surface area contributed by atoms with Crippen molar-refractivity contribution in [3.63, 3.8) is 0 Å². The minimum absolute atomic E-state index is 0.654. The number of nitrogens with two attached hydrogens (primary N) is 1. The summed E-state index contributed by atoms with van der Waals surface area (Å²) in [6.45, 7) is 2.48. The molecule has 1 aliphatic heterocycles. The maximum atomic E-state index is 5.68. The molecule has 0 bridgehead atoms. The number of pyridine rings is 1. The Balaban J connectivity index is 1.91. The van der Waals surface area contributed by atoms with Crippen LogP contribution in [-0.4, -0.2) is 26.3 Å². The summed E-state index contributed by atoms with van der Waals surface area (Å²) < 4.78 is 2.97. The lowest BCUT2D eigenvalue weighted by Crippen LogP contribution is -2.34. The molecule has 0 amide bonds. The van der Waals surface area contributed by atoms with Crippen LogP contribution in [0.3, 0.4) is 0 Å². The van der Waals surface area contributed by atoms with E-state index in [-0.39, 0.29) is 0 Å². The molecule has 0 unspecified atom stereocenters. The summed E-state index contributed by atoms with van der Waals surface area (Å²) >= 11 is 3.49. The van der Waals surface area contributed by atoms with Crippen molar-refractivity contribution in [2.24, 2.45) is 0 Å². The van der Waals surface area contributed by atoms with Gasteiger partial charge >= 0.3 is 0 Å². The SMILES string of the molecule is Nc1cnc(N2CCn3cnnc3C2)c(Br)c1. The molecule has 0 saturated carbocycles. The highest BCUT2D eigenvalue weighted by Crippen LogP contribution is 2.27. The Morgan fingerprint density at radius 2 is 2.24 bits per heavy atom. The van der Waals surface area contributed by atoms with Gasteiger partial charge < -0.3 is 15.2 Å². The first kappa shape index (κ1) is 10.5. The Hall–Kier alpha value is -1.63. The van der Waals surface area contributed by atoms with Crippen LogP contribution in [0.4, 0.5) is 11.5 Å². The first-order chi connectivity index (χ1) is 8.24. The zero-order valence-electron chi connectivity index (χ0n) is 9.04. The molecule has 6 nitrogen and oxygen atoms in total. The van der Waals surface area contributed by atoms with Gasteiger partial charge in [0.2, 0.25) is 0 Å². The van der Waals surface area contributed by atoms with E-state index >= 15 is 0 Å². The van der Waals surface area contributed by atoms with E-state index in [0.29, 0.717) is 5.69 Å². The molecule has 0 radical (unpaired) electrons. The Kier molecular flexibility index (Phi) is 2.47. The van der Waals surface area contributed by atoms with E-state index in [1.165, 1.54) is 0 Å². The van der Waals surface area contributed by atoms with Crippen LogP contribution in [0.1, 0.15) is 5.82 Å². The van der Waals surface area contributed by atoms with Gasteiger partial charge in [-0.15, -0.1) is 10.2 Å². The number of hydrogen-bond acceptors (Lipinski definition) is 5. The monoisotopic (exact) mass is 294 g/mol. The van der Waals surface area contributed by atoms with Crippen LogP contribution in [0.2, 0.25) is 0 Å². The zero-order chi connectivity index (χ0) is 11.8. The molecule has 0 aromatic carbocycles. The molecular formula is C10H11BrN6. The van der Waals surface area contributed by atoms with Crippen molar-refractivity contribution >= 4 is 27.4 Å². The predicted molar refractivity (Wildman–Crippen MR) is 67.4 cm³/mol. The number of aromatic nitrogens is 4. The van der Waals surface area contributed by atoms with Crippen LogP contribution < -0.4 is 10.6 Å². The van der Waals surface area contributed by atoms with E-state index in [9.17, 15) is 0 Å². The molecule has 2 aromatic rings. The molecule has 1 aliphatic rings. The number of hydrogen-bond donors (Lipinski definition) is 1. The minimum atomic E-state index is 0.654. The summed E-state index contributed by atoms with van der Waals surface area (Å²) in [6, 6.07) is 1.86. The van der Waals surface area contributed by atoms with Crippen LogP contribution in [0, 0.1) is 0 Å².